The van der Waals surface area contributed by atoms with Crippen molar-refractivity contribution in [3.8, 4) is 10.6 Å². The molecule has 0 saturated carbocycles. The minimum atomic E-state index is -0.271. The Bertz CT molecular complexity index is 568. The van der Waals surface area contributed by atoms with Crippen molar-refractivity contribution in [2.24, 2.45) is 0 Å². The number of hydrogen-bond donors (Lipinski definition) is 1. The topological polar surface area (TPSA) is 34.2 Å². The summed E-state index contributed by atoms with van der Waals surface area (Å²) >= 11 is 4.89. The van der Waals surface area contributed by atoms with Gasteiger partial charge in [-0.15, -0.1) is 11.3 Å². The molecule has 6 heteroatoms. The molecular weight excluding hydrogens is 343 g/mol. The molecule has 0 radical (unpaired) electrons. The first kappa shape index (κ1) is 15.6. The van der Waals surface area contributed by atoms with Crippen LogP contribution in [0, 0.1) is 5.82 Å². The molecule has 1 heterocycles. The number of methoxy groups -OCH3 is 1. The van der Waals surface area contributed by atoms with Crippen LogP contribution in [0.15, 0.2) is 22.7 Å². The summed E-state index contributed by atoms with van der Waals surface area (Å²) in [5, 5.41) is 3.94. The molecule has 1 aromatic carbocycles. The lowest BCUT2D eigenvalue weighted by Crippen LogP contribution is -2.12. The summed E-state index contributed by atoms with van der Waals surface area (Å²) in [5.74, 6) is -0.271. The third kappa shape index (κ3) is 3.44. The van der Waals surface area contributed by atoms with Crippen molar-refractivity contribution in [2.45, 2.75) is 20.1 Å². The first-order chi connectivity index (χ1) is 9.67. The van der Waals surface area contributed by atoms with E-state index in [1.54, 1.807) is 13.2 Å². The summed E-state index contributed by atoms with van der Waals surface area (Å²) in [6.45, 7) is 4.08. The second kappa shape index (κ2) is 7.26. The second-order valence-corrected chi connectivity index (χ2v) is 6.14. The van der Waals surface area contributed by atoms with Crippen molar-refractivity contribution in [1.82, 2.24) is 10.3 Å². The maximum atomic E-state index is 14.0. The molecule has 0 aliphatic rings. The highest BCUT2D eigenvalue weighted by atomic mass is 79.9. The Labute approximate surface area is 130 Å². The van der Waals surface area contributed by atoms with Crippen LogP contribution >= 0.6 is 27.3 Å². The standard InChI is InChI=1S/C14H16BrFN2OS/c1-3-17-7-12-11(8-19-2)18-14(20-12)13-9(15)5-4-6-10(13)16/h4-6,17H,3,7-8H2,1-2H3. The molecule has 1 aromatic heterocycles. The molecule has 3 nitrogen and oxygen atoms in total. The molecule has 0 amide bonds. The Morgan fingerprint density at radius 1 is 1.45 bits per heavy atom. The van der Waals surface area contributed by atoms with Crippen LogP contribution in [0.4, 0.5) is 4.39 Å². The highest BCUT2D eigenvalue weighted by Gasteiger charge is 2.17. The number of nitrogens with one attached hydrogen (secondary N) is 1. The van der Waals surface area contributed by atoms with Crippen LogP contribution in [0.3, 0.4) is 0 Å². The molecule has 20 heavy (non-hydrogen) atoms. The Hall–Kier alpha value is -0.820. The Balaban J connectivity index is 2.41. The quantitative estimate of drug-likeness (QED) is 0.848. The van der Waals surface area contributed by atoms with Gasteiger partial charge < -0.3 is 10.1 Å². The fourth-order valence-electron chi connectivity index (χ4n) is 1.82. The fraction of sp³-hybridized carbons (Fsp3) is 0.357. The van der Waals surface area contributed by atoms with E-state index in [9.17, 15) is 4.39 Å². The fourth-order valence-corrected chi connectivity index (χ4v) is 3.57. The predicted molar refractivity (Wildman–Crippen MR) is 83.3 cm³/mol. The summed E-state index contributed by atoms with van der Waals surface area (Å²) in [6.07, 6.45) is 0. The zero-order valence-corrected chi connectivity index (χ0v) is 13.8. The number of benzene rings is 1. The van der Waals surface area contributed by atoms with Gasteiger partial charge in [0, 0.05) is 23.0 Å². The molecular formula is C14H16BrFN2OS. The average molecular weight is 359 g/mol. The van der Waals surface area contributed by atoms with E-state index in [4.69, 9.17) is 4.74 Å². The van der Waals surface area contributed by atoms with Gasteiger partial charge in [-0.3, -0.25) is 0 Å². The highest BCUT2D eigenvalue weighted by molar-refractivity contribution is 9.10. The normalized spacial score (nSPS) is 11.0. The zero-order chi connectivity index (χ0) is 14.5. The SMILES string of the molecule is CCNCc1sc(-c2c(F)cccc2Br)nc1COC. The third-order valence-electron chi connectivity index (χ3n) is 2.77. The maximum absolute atomic E-state index is 14.0. The Kier molecular flexibility index (Phi) is 5.65. The van der Waals surface area contributed by atoms with Gasteiger partial charge in [-0.25, -0.2) is 9.37 Å². The number of rotatable bonds is 6. The van der Waals surface area contributed by atoms with Gasteiger partial charge in [-0.05, 0) is 34.6 Å². The van der Waals surface area contributed by atoms with E-state index in [1.165, 1.54) is 17.4 Å². The van der Waals surface area contributed by atoms with Crippen molar-refractivity contribution in [1.29, 1.82) is 0 Å². The second-order valence-electron chi connectivity index (χ2n) is 4.20. The third-order valence-corrected chi connectivity index (χ3v) is 4.55. The molecule has 108 valence electrons. The van der Waals surface area contributed by atoms with Crippen molar-refractivity contribution < 1.29 is 9.13 Å². The molecule has 0 atom stereocenters. The highest BCUT2D eigenvalue weighted by Crippen LogP contribution is 2.35. The van der Waals surface area contributed by atoms with Crippen molar-refractivity contribution in [3.63, 3.8) is 0 Å². The molecule has 2 aromatic rings. The van der Waals surface area contributed by atoms with Crippen molar-refractivity contribution in [2.75, 3.05) is 13.7 Å². The van der Waals surface area contributed by atoms with Crippen LogP contribution in [0.5, 0.6) is 0 Å². The van der Waals surface area contributed by atoms with Gasteiger partial charge >= 0.3 is 0 Å². The van der Waals surface area contributed by atoms with E-state index in [1.807, 2.05) is 13.0 Å². The molecule has 0 fully saturated rings. The molecule has 0 aliphatic heterocycles. The smallest absolute Gasteiger partial charge is 0.134 e. The minimum absolute atomic E-state index is 0.271. The number of thiazole rings is 1. The van der Waals surface area contributed by atoms with Crippen LogP contribution in [0.25, 0.3) is 10.6 Å². The average Bonchev–Trinajstić information content (AvgIpc) is 2.79. The number of ether oxygens (including phenoxy) is 1. The van der Waals surface area contributed by atoms with Crippen LogP contribution < -0.4 is 5.32 Å². The van der Waals surface area contributed by atoms with Gasteiger partial charge in [-0.2, -0.15) is 0 Å². The lowest BCUT2D eigenvalue weighted by atomic mass is 10.2. The van der Waals surface area contributed by atoms with Gasteiger partial charge in [0.2, 0.25) is 0 Å². The largest absolute Gasteiger partial charge is 0.378 e. The van der Waals surface area contributed by atoms with E-state index in [2.05, 4.69) is 26.2 Å². The van der Waals surface area contributed by atoms with Crippen molar-refractivity contribution in [3.05, 3.63) is 39.1 Å². The minimum Gasteiger partial charge on any atom is -0.378 e. The lowest BCUT2D eigenvalue weighted by Gasteiger charge is -2.01. The summed E-state index contributed by atoms with van der Waals surface area (Å²) in [6, 6.07) is 4.94. The van der Waals surface area contributed by atoms with Crippen molar-refractivity contribution >= 4 is 27.3 Å². The first-order valence-electron chi connectivity index (χ1n) is 6.30. The molecule has 2 rings (SSSR count). The molecule has 0 unspecified atom stereocenters. The molecule has 0 saturated heterocycles. The number of aromatic nitrogens is 1. The predicted octanol–water partition coefficient (Wildman–Crippen LogP) is 3.97. The lowest BCUT2D eigenvalue weighted by molar-refractivity contribution is 0.181. The Morgan fingerprint density at radius 3 is 2.90 bits per heavy atom. The van der Waals surface area contributed by atoms with Crippen LogP contribution in [-0.4, -0.2) is 18.6 Å². The number of halogens is 2. The number of nitrogens with zero attached hydrogens (tertiary/aromatic N) is 1. The van der Waals surface area contributed by atoms with Crippen LogP contribution in [0.1, 0.15) is 17.5 Å². The van der Waals surface area contributed by atoms with Gasteiger partial charge in [-0.1, -0.05) is 13.0 Å². The van der Waals surface area contributed by atoms with Gasteiger partial charge in [0.15, 0.2) is 0 Å². The van der Waals surface area contributed by atoms with Crippen LogP contribution in [0.2, 0.25) is 0 Å². The van der Waals surface area contributed by atoms with Gasteiger partial charge in [0.1, 0.15) is 10.8 Å². The zero-order valence-electron chi connectivity index (χ0n) is 11.4. The molecule has 0 spiro atoms. The Morgan fingerprint density at radius 2 is 2.25 bits per heavy atom. The molecule has 1 N–H and O–H groups in total. The summed E-state index contributed by atoms with van der Waals surface area (Å²) in [5.41, 5.74) is 1.38. The van der Waals surface area contributed by atoms with Gasteiger partial charge in [0.25, 0.3) is 0 Å². The van der Waals surface area contributed by atoms with Crippen LogP contribution in [-0.2, 0) is 17.9 Å². The maximum Gasteiger partial charge on any atom is 0.134 e. The molecule has 0 bridgehead atoms. The summed E-state index contributed by atoms with van der Waals surface area (Å²) in [4.78, 5) is 5.61. The van der Waals surface area contributed by atoms with E-state index in [-0.39, 0.29) is 5.82 Å². The monoisotopic (exact) mass is 358 g/mol. The summed E-state index contributed by atoms with van der Waals surface area (Å²) in [7, 11) is 1.63. The van der Waals surface area contributed by atoms with Gasteiger partial charge in [0.05, 0.1) is 17.9 Å². The van der Waals surface area contributed by atoms with E-state index < -0.39 is 0 Å². The first-order valence-corrected chi connectivity index (χ1v) is 7.91. The molecule has 0 aliphatic carbocycles. The van der Waals surface area contributed by atoms with E-state index in [0.29, 0.717) is 21.7 Å². The van der Waals surface area contributed by atoms with E-state index >= 15 is 0 Å². The summed E-state index contributed by atoms with van der Waals surface area (Å²) < 4.78 is 19.9. The number of hydrogen-bond acceptors (Lipinski definition) is 4. The van der Waals surface area contributed by atoms with E-state index in [0.717, 1.165) is 23.7 Å².